The van der Waals surface area contributed by atoms with Gasteiger partial charge in [-0.25, -0.2) is 9.97 Å². The van der Waals surface area contributed by atoms with Crippen LogP contribution in [0.25, 0.3) is 11.3 Å². The van der Waals surface area contributed by atoms with Crippen LogP contribution in [0.2, 0.25) is 0 Å². The normalized spacial score (nSPS) is 16.7. The van der Waals surface area contributed by atoms with Crippen LogP contribution >= 0.6 is 15.9 Å². The Kier molecular flexibility index (Phi) is 5.27. The highest BCUT2D eigenvalue weighted by molar-refractivity contribution is 9.10. The first-order valence-corrected chi connectivity index (χ1v) is 9.08. The summed E-state index contributed by atoms with van der Waals surface area (Å²) in [5.41, 5.74) is -1.09. The van der Waals surface area contributed by atoms with Crippen molar-refractivity contribution in [3.05, 3.63) is 46.3 Å². The molecule has 3 rings (SSSR count). The second kappa shape index (κ2) is 7.20. The summed E-state index contributed by atoms with van der Waals surface area (Å²) >= 11 is 3.20. The molecule has 0 saturated heterocycles. The summed E-state index contributed by atoms with van der Waals surface area (Å²) in [5, 5.41) is 12.9. The molecule has 1 fully saturated rings. The Hall–Kier alpha value is -2.00. The van der Waals surface area contributed by atoms with Crippen LogP contribution in [0.5, 0.6) is 0 Å². The van der Waals surface area contributed by atoms with Crippen molar-refractivity contribution in [2.45, 2.75) is 31.5 Å². The van der Waals surface area contributed by atoms with Gasteiger partial charge < -0.3 is 10.4 Å². The third-order valence-electron chi connectivity index (χ3n) is 4.51. The zero-order chi connectivity index (χ0) is 19.8. The number of carbonyl (C=O) groups excluding carboxylic acids is 1. The van der Waals surface area contributed by atoms with E-state index in [0.29, 0.717) is 10.2 Å². The molecule has 2 aromatic rings. The maximum Gasteiger partial charge on any atom is 0.416 e. The monoisotopic (exact) mass is 443 g/mol. The fourth-order valence-electron chi connectivity index (χ4n) is 2.68. The SMILES string of the molecule is CC(O)(CNC(=O)c1cnc(Br)c(-c2ccc(C(F)(F)F)cc2)n1)C1CC1. The summed E-state index contributed by atoms with van der Waals surface area (Å²) in [7, 11) is 0. The zero-order valence-corrected chi connectivity index (χ0v) is 15.9. The molecule has 1 aromatic heterocycles. The lowest BCUT2D eigenvalue weighted by molar-refractivity contribution is -0.137. The number of alkyl halides is 3. The predicted octanol–water partition coefficient (Wildman–Crippen LogP) is 3.82. The van der Waals surface area contributed by atoms with E-state index >= 15 is 0 Å². The van der Waals surface area contributed by atoms with Gasteiger partial charge in [-0.2, -0.15) is 13.2 Å². The van der Waals surface area contributed by atoms with Gasteiger partial charge in [0.1, 0.15) is 16.0 Å². The summed E-state index contributed by atoms with van der Waals surface area (Å²) < 4.78 is 38.4. The first-order chi connectivity index (χ1) is 12.6. The summed E-state index contributed by atoms with van der Waals surface area (Å²) in [6, 6.07) is 4.44. The number of halogens is 4. The molecule has 5 nitrogen and oxygen atoms in total. The molecule has 1 amide bonds. The van der Waals surface area contributed by atoms with Crippen LogP contribution in [0.15, 0.2) is 35.1 Å². The Labute approximate surface area is 162 Å². The summed E-state index contributed by atoms with van der Waals surface area (Å²) in [6.45, 7) is 1.76. The van der Waals surface area contributed by atoms with Gasteiger partial charge in [-0.3, -0.25) is 4.79 Å². The number of rotatable bonds is 5. The average Bonchev–Trinajstić information content (AvgIpc) is 3.45. The Morgan fingerprint density at radius 1 is 1.30 bits per heavy atom. The molecule has 1 aromatic carbocycles. The Balaban J connectivity index is 1.78. The number of aliphatic hydroxyl groups is 1. The van der Waals surface area contributed by atoms with Crippen molar-refractivity contribution < 1.29 is 23.1 Å². The van der Waals surface area contributed by atoms with Crippen LogP contribution in [-0.4, -0.2) is 33.1 Å². The van der Waals surface area contributed by atoms with E-state index in [1.54, 1.807) is 6.92 Å². The Morgan fingerprint density at radius 2 is 1.93 bits per heavy atom. The van der Waals surface area contributed by atoms with Gasteiger partial charge in [0.15, 0.2) is 0 Å². The number of hydrogen-bond acceptors (Lipinski definition) is 4. The van der Waals surface area contributed by atoms with E-state index in [1.165, 1.54) is 18.3 Å². The molecule has 2 N–H and O–H groups in total. The van der Waals surface area contributed by atoms with E-state index in [9.17, 15) is 23.1 Å². The summed E-state index contributed by atoms with van der Waals surface area (Å²) in [5.74, 6) is -0.333. The molecular formula is C18H17BrF3N3O2. The highest BCUT2D eigenvalue weighted by Gasteiger charge is 2.40. The van der Waals surface area contributed by atoms with Crippen LogP contribution in [0.1, 0.15) is 35.8 Å². The largest absolute Gasteiger partial charge is 0.416 e. The van der Waals surface area contributed by atoms with E-state index in [0.717, 1.165) is 25.0 Å². The van der Waals surface area contributed by atoms with Gasteiger partial charge in [-0.05, 0) is 53.7 Å². The summed E-state index contributed by atoms with van der Waals surface area (Å²) in [6.07, 6.45) is -1.31. The van der Waals surface area contributed by atoms with Crippen LogP contribution in [0.4, 0.5) is 13.2 Å². The molecule has 1 heterocycles. The quantitative estimate of drug-likeness (QED) is 0.736. The van der Waals surface area contributed by atoms with Crippen LogP contribution in [-0.2, 0) is 6.18 Å². The maximum absolute atomic E-state index is 12.7. The van der Waals surface area contributed by atoms with E-state index in [2.05, 4.69) is 31.2 Å². The number of carbonyl (C=O) groups is 1. The number of nitrogens with zero attached hydrogens (tertiary/aromatic N) is 2. The third-order valence-corrected chi connectivity index (χ3v) is 5.09. The molecule has 1 aliphatic rings. The van der Waals surface area contributed by atoms with E-state index in [1.807, 2.05) is 0 Å². The maximum atomic E-state index is 12.7. The number of aromatic nitrogens is 2. The number of hydrogen-bond donors (Lipinski definition) is 2. The molecule has 1 unspecified atom stereocenters. The van der Waals surface area contributed by atoms with Gasteiger partial charge in [-0.15, -0.1) is 0 Å². The van der Waals surface area contributed by atoms with Gasteiger partial charge in [0.2, 0.25) is 0 Å². The standard InChI is InChI=1S/C18H17BrF3N3O2/c1-17(27,11-6-7-11)9-24-16(26)13-8-23-15(19)14(25-13)10-2-4-12(5-3-10)18(20,21)22/h2-5,8,11,27H,6-7,9H2,1H3,(H,24,26). The lowest BCUT2D eigenvalue weighted by Gasteiger charge is -2.23. The highest BCUT2D eigenvalue weighted by Crippen LogP contribution is 2.39. The molecule has 0 bridgehead atoms. The van der Waals surface area contributed by atoms with E-state index in [4.69, 9.17) is 0 Å². The third kappa shape index (κ3) is 4.65. The predicted molar refractivity (Wildman–Crippen MR) is 95.9 cm³/mol. The first-order valence-electron chi connectivity index (χ1n) is 8.29. The van der Waals surface area contributed by atoms with Gasteiger partial charge in [0.25, 0.3) is 5.91 Å². The summed E-state index contributed by atoms with van der Waals surface area (Å²) in [4.78, 5) is 20.6. The molecule has 0 radical (unpaired) electrons. The minimum absolute atomic E-state index is 0.0136. The number of nitrogens with one attached hydrogen (secondary N) is 1. The molecule has 144 valence electrons. The second-order valence-corrected chi connectivity index (χ2v) is 7.54. The molecular weight excluding hydrogens is 427 g/mol. The van der Waals surface area contributed by atoms with Crippen molar-refractivity contribution >= 4 is 21.8 Å². The van der Waals surface area contributed by atoms with E-state index < -0.39 is 23.2 Å². The van der Waals surface area contributed by atoms with Crippen molar-refractivity contribution in [3.8, 4) is 11.3 Å². The topological polar surface area (TPSA) is 75.1 Å². The zero-order valence-electron chi connectivity index (χ0n) is 14.3. The van der Waals surface area contributed by atoms with Crippen molar-refractivity contribution in [2.24, 2.45) is 5.92 Å². The molecule has 1 atom stereocenters. The lowest BCUT2D eigenvalue weighted by atomic mass is 10.0. The van der Waals surface area contributed by atoms with Crippen molar-refractivity contribution in [1.29, 1.82) is 0 Å². The number of benzene rings is 1. The second-order valence-electron chi connectivity index (χ2n) is 6.78. The lowest BCUT2D eigenvalue weighted by Crippen LogP contribution is -2.42. The van der Waals surface area contributed by atoms with E-state index in [-0.39, 0.29) is 23.9 Å². The van der Waals surface area contributed by atoms with Gasteiger partial charge in [-0.1, -0.05) is 12.1 Å². The van der Waals surface area contributed by atoms with Crippen molar-refractivity contribution in [3.63, 3.8) is 0 Å². The molecule has 0 aliphatic heterocycles. The van der Waals surface area contributed by atoms with Gasteiger partial charge in [0.05, 0.1) is 17.4 Å². The molecule has 0 spiro atoms. The van der Waals surface area contributed by atoms with Gasteiger partial charge >= 0.3 is 6.18 Å². The fourth-order valence-corrected chi connectivity index (χ4v) is 3.10. The Bertz CT molecular complexity index is 850. The molecule has 1 saturated carbocycles. The molecule has 9 heteroatoms. The van der Waals surface area contributed by atoms with Crippen molar-refractivity contribution in [1.82, 2.24) is 15.3 Å². The molecule has 1 aliphatic carbocycles. The first kappa shape index (κ1) is 19.8. The number of amides is 1. The smallest absolute Gasteiger partial charge is 0.388 e. The molecule has 27 heavy (non-hydrogen) atoms. The van der Waals surface area contributed by atoms with Crippen LogP contribution in [0.3, 0.4) is 0 Å². The Morgan fingerprint density at radius 3 is 2.48 bits per heavy atom. The van der Waals surface area contributed by atoms with Crippen LogP contribution < -0.4 is 5.32 Å². The highest BCUT2D eigenvalue weighted by atomic mass is 79.9. The minimum Gasteiger partial charge on any atom is -0.388 e. The van der Waals surface area contributed by atoms with Gasteiger partial charge in [0, 0.05) is 12.1 Å². The average molecular weight is 444 g/mol. The fraction of sp³-hybridized carbons (Fsp3) is 0.389. The minimum atomic E-state index is -4.43. The van der Waals surface area contributed by atoms with Crippen LogP contribution in [0, 0.1) is 5.92 Å². The van der Waals surface area contributed by atoms with Crippen molar-refractivity contribution in [2.75, 3.05) is 6.54 Å².